The summed E-state index contributed by atoms with van der Waals surface area (Å²) in [6.45, 7) is -0.0767. The lowest BCUT2D eigenvalue weighted by molar-refractivity contribution is -0.121. The van der Waals surface area contributed by atoms with Gasteiger partial charge in [0.25, 0.3) is 5.91 Å². The Hall–Kier alpha value is -0.660. The Morgan fingerprint density at radius 1 is 1.27 bits per heavy atom. The molecule has 22 heavy (non-hydrogen) atoms. The lowest BCUT2D eigenvalue weighted by Crippen LogP contribution is -2.46. The monoisotopic (exact) mass is 448 g/mol. The molecule has 0 bridgehead atoms. The van der Waals surface area contributed by atoms with E-state index < -0.39 is 0 Å². The fourth-order valence-electron chi connectivity index (χ4n) is 2.37. The Balaban J connectivity index is 1.73. The van der Waals surface area contributed by atoms with Gasteiger partial charge in [-0.25, -0.2) is 0 Å². The maximum atomic E-state index is 11.9. The van der Waals surface area contributed by atoms with Crippen LogP contribution in [0.25, 0.3) is 0 Å². The molecule has 0 atom stereocenters. The van der Waals surface area contributed by atoms with E-state index in [0.29, 0.717) is 16.9 Å². The second-order valence-electron chi connectivity index (χ2n) is 5.22. The SMILES string of the molecule is O=C(COc1ccc(Br)cc1Br)NC(=S)NC1CCCCC1. The maximum absolute atomic E-state index is 11.9. The molecule has 1 saturated carbocycles. The highest BCUT2D eigenvalue weighted by atomic mass is 79.9. The fourth-order valence-corrected chi connectivity index (χ4v) is 3.81. The first-order valence-electron chi connectivity index (χ1n) is 7.23. The van der Waals surface area contributed by atoms with Gasteiger partial charge in [0, 0.05) is 10.5 Å². The maximum Gasteiger partial charge on any atom is 0.264 e. The van der Waals surface area contributed by atoms with Crippen LogP contribution < -0.4 is 15.4 Å². The molecular weight excluding hydrogens is 432 g/mol. The van der Waals surface area contributed by atoms with Crippen LogP contribution in [-0.2, 0) is 4.79 Å². The van der Waals surface area contributed by atoms with Gasteiger partial charge in [-0.15, -0.1) is 0 Å². The predicted octanol–water partition coefficient (Wildman–Crippen LogP) is 3.91. The normalized spacial score (nSPS) is 15.2. The molecule has 2 rings (SSSR count). The number of hydrogen-bond acceptors (Lipinski definition) is 3. The van der Waals surface area contributed by atoms with Crippen LogP contribution >= 0.6 is 44.1 Å². The van der Waals surface area contributed by atoms with Crippen LogP contribution in [0.1, 0.15) is 32.1 Å². The van der Waals surface area contributed by atoms with Crippen LogP contribution in [0.5, 0.6) is 5.75 Å². The minimum atomic E-state index is -0.261. The first-order valence-corrected chi connectivity index (χ1v) is 9.22. The molecule has 1 fully saturated rings. The number of carbonyl (C=O) groups is 1. The Labute approximate surface area is 152 Å². The Bertz CT molecular complexity index is 548. The molecule has 0 aromatic heterocycles. The first-order chi connectivity index (χ1) is 10.5. The summed E-state index contributed by atoms with van der Waals surface area (Å²) in [5.74, 6) is 0.354. The van der Waals surface area contributed by atoms with Gasteiger partial charge in [0.2, 0.25) is 0 Å². The van der Waals surface area contributed by atoms with Gasteiger partial charge < -0.3 is 15.4 Å². The highest BCUT2D eigenvalue weighted by molar-refractivity contribution is 9.11. The molecule has 1 aromatic rings. The molecule has 0 spiro atoms. The number of ether oxygens (including phenoxy) is 1. The van der Waals surface area contributed by atoms with Gasteiger partial charge in [-0.2, -0.15) is 0 Å². The molecule has 120 valence electrons. The third-order valence-electron chi connectivity index (χ3n) is 3.45. The van der Waals surface area contributed by atoms with Gasteiger partial charge in [0.1, 0.15) is 5.75 Å². The van der Waals surface area contributed by atoms with Crippen molar-refractivity contribution in [2.45, 2.75) is 38.1 Å². The van der Waals surface area contributed by atoms with E-state index in [1.807, 2.05) is 12.1 Å². The summed E-state index contributed by atoms with van der Waals surface area (Å²) in [6, 6.07) is 5.89. The molecule has 0 unspecified atom stereocenters. The molecular formula is C15H18Br2N2O2S. The number of rotatable bonds is 4. The van der Waals surface area contributed by atoms with E-state index in [4.69, 9.17) is 17.0 Å². The number of halogens is 2. The van der Waals surface area contributed by atoms with E-state index in [1.165, 1.54) is 19.3 Å². The zero-order chi connectivity index (χ0) is 15.9. The fraction of sp³-hybridized carbons (Fsp3) is 0.467. The Kier molecular flexibility index (Phi) is 7.11. The van der Waals surface area contributed by atoms with Crippen molar-refractivity contribution in [1.29, 1.82) is 0 Å². The summed E-state index contributed by atoms with van der Waals surface area (Å²) in [6.07, 6.45) is 5.94. The summed E-state index contributed by atoms with van der Waals surface area (Å²) >= 11 is 11.9. The topological polar surface area (TPSA) is 50.4 Å². The van der Waals surface area contributed by atoms with Crippen molar-refractivity contribution in [1.82, 2.24) is 10.6 Å². The minimum Gasteiger partial charge on any atom is -0.483 e. The van der Waals surface area contributed by atoms with Crippen molar-refractivity contribution in [3.05, 3.63) is 27.1 Å². The summed E-state index contributed by atoms with van der Waals surface area (Å²) in [7, 11) is 0. The Morgan fingerprint density at radius 2 is 2.00 bits per heavy atom. The second-order valence-corrected chi connectivity index (χ2v) is 7.40. The van der Waals surface area contributed by atoms with Crippen LogP contribution in [0.2, 0.25) is 0 Å². The quantitative estimate of drug-likeness (QED) is 0.684. The number of carbonyl (C=O) groups excluding carboxylic acids is 1. The van der Waals surface area contributed by atoms with Crippen molar-refractivity contribution in [2.24, 2.45) is 0 Å². The lowest BCUT2D eigenvalue weighted by Gasteiger charge is -2.24. The van der Waals surface area contributed by atoms with Gasteiger partial charge >= 0.3 is 0 Å². The average molecular weight is 450 g/mol. The zero-order valence-electron chi connectivity index (χ0n) is 12.0. The Morgan fingerprint density at radius 3 is 2.68 bits per heavy atom. The van der Waals surface area contributed by atoms with Gasteiger partial charge in [0.05, 0.1) is 4.47 Å². The summed E-state index contributed by atoms with van der Waals surface area (Å²) in [5.41, 5.74) is 0. The van der Waals surface area contributed by atoms with Gasteiger partial charge in [-0.3, -0.25) is 4.79 Å². The van der Waals surface area contributed by atoms with Gasteiger partial charge in [-0.1, -0.05) is 35.2 Å². The van der Waals surface area contributed by atoms with Gasteiger partial charge in [0.15, 0.2) is 11.7 Å². The third kappa shape index (κ3) is 5.85. The van der Waals surface area contributed by atoms with E-state index in [0.717, 1.165) is 21.8 Å². The summed E-state index contributed by atoms with van der Waals surface area (Å²) in [5, 5.41) is 6.24. The largest absolute Gasteiger partial charge is 0.483 e. The lowest BCUT2D eigenvalue weighted by atomic mass is 9.96. The average Bonchev–Trinajstić information content (AvgIpc) is 2.47. The summed E-state index contributed by atoms with van der Waals surface area (Å²) < 4.78 is 7.21. The third-order valence-corrected chi connectivity index (χ3v) is 4.78. The van der Waals surface area contributed by atoms with Crippen LogP contribution in [-0.4, -0.2) is 23.7 Å². The van der Waals surface area contributed by atoms with Crippen molar-refractivity contribution < 1.29 is 9.53 Å². The van der Waals surface area contributed by atoms with E-state index in [1.54, 1.807) is 6.07 Å². The van der Waals surface area contributed by atoms with Crippen molar-refractivity contribution >= 4 is 55.1 Å². The molecule has 0 saturated heterocycles. The molecule has 0 radical (unpaired) electrons. The molecule has 0 heterocycles. The van der Waals surface area contributed by atoms with Crippen LogP contribution in [0.15, 0.2) is 27.1 Å². The van der Waals surface area contributed by atoms with E-state index in [-0.39, 0.29) is 12.5 Å². The highest BCUT2D eigenvalue weighted by Crippen LogP contribution is 2.28. The smallest absolute Gasteiger partial charge is 0.264 e. The first kappa shape index (κ1) is 17.7. The molecule has 1 aliphatic carbocycles. The van der Waals surface area contributed by atoms with Crippen molar-refractivity contribution in [3.8, 4) is 5.75 Å². The molecule has 1 aliphatic rings. The van der Waals surface area contributed by atoms with Crippen molar-refractivity contribution in [2.75, 3.05) is 6.61 Å². The molecule has 0 aliphatic heterocycles. The molecule has 4 nitrogen and oxygen atoms in total. The van der Waals surface area contributed by atoms with E-state index in [2.05, 4.69) is 42.5 Å². The standard InChI is InChI=1S/C15H18Br2N2O2S/c16-10-6-7-13(12(17)8-10)21-9-14(20)19-15(22)18-11-4-2-1-3-5-11/h6-8,11H,1-5,9H2,(H2,18,19,20,22). The minimum absolute atomic E-state index is 0.0767. The summed E-state index contributed by atoms with van der Waals surface area (Å²) in [4.78, 5) is 11.9. The van der Waals surface area contributed by atoms with Crippen LogP contribution in [0, 0.1) is 0 Å². The van der Waals surface area contributed by atoms with Gasteiger partial charge in [-0.05, 0) is 59.2 Å². The van der Waals surface area contributed by atoms with Crippen molar-refractivity contribution in [3.63, 3.8) is 0 Å². The van der Waals surface area contributed by atoms with Crippen LogP contribution in [0.3, 0.4) is 0 Å². The molecule has 2 N–H and O–H groups in total. The van der Waals surface area contributed by atoms with E-state index >= 15 is 0 Å². The molecule has 1 amide bonds. The number of nitrogens with one attached hydrogen (secondary N) is 2. The van der Waals surface area contributed by atoms with Crippen LogP contribution in [0.4, 0.5) is 0 Å². The highest BCUT2D eigenvalue weighted by Gasteiger charge is 2.15. The second kappa shape index (κ2) is 8.84. The van der Waals surface area contributed by atoms with E-state index in [9.17, 15) is 4.79 Å². The molecule has 7 heteroatoms. The molecule has 1 aromatic carbocycles. The number of thiocarbonyl (C=S) groups is 1. The predicted molar refractivity (Wildman–Crippen MR) is 98.1 cm³/mol. The number of benzene rings is 1. The number of amides is 1. The number of hydrogen-bond donors (Lipinski definition) is 2. The zero-order valence-corrected chi connectivity index (χ0v) is 16.0.